The Morgan fingerprint density at radius 3 is 3.04 bits per heavy atom. The van der Waals surface area contributed by atoms with Crippen LogP contribution in [0.15, 0.2) is 42.6 Å². The third-order valence-corrected chi connectivity index (χ3v) is 3.64. The Bertz CT molecular complexity index is 1010. The second-order valence-electron chi connectivity index (χ2n) is 5.04. The van der Waals surface area contributed by atoms with Crippen LogP contribution in [0.4, 0.5) is 11.4 Å². The van der Waals surface area contributed by atoms with Gasteiger partial charge in [0.05, 0.1) is 28.4 Å². The van der Waals surface area contributed by atoms with Crippen molar-refractivity contribution in [3.63, 3.8) is 0 Å². The molecule has 1 aliphatic heterocycles. The Kier molecular flexibility index (Phi) is 2.81. The number of benzene rings is 2. The van der Waals surface area contributed by atoms with Crippen molar-refractivity contribution in [1.29, 1.82) is 5.26 Å². The molecule has 23 heavy (non-hydrogen) atoms. The molecule has 0 fully saturated rings. The zero-order valence-electron chi connectivity index (χ0n) is 11.8. The van der Waals surface area contributed by atoms with E-state index in [1.165, 1.54) is 0 Å². The van der Waals surface area contributed by atoms with E-state index in [4.69, 9.17) is 5.26 Å². The van der Waals surface area contributed by atoms with Crippen LogP contribution in [-0.4, -0.2) is 21.3 Å². The highest BCUT2D eigenvalue weighted by Crippen LogP contribution is 2.36. The van der Waals surface area contributed by atoms with Crippen molar-refractivity contribution in [2.45, 2.75) is 0 Å². The predicted octanol–water partition coefficient (Wildman–Crippen LogP) is 2.23. The van der Waals surface area contributed by atoms with Gasteiger partial charge in [0.25, 0.3) is 5.91 Å². The number of aromatic amines is 1. The Morgan fingerprint density at radius 2 is 2.17 bits per heavy atom. The van der Waals surface area contributed by atoms with Crippen molar-refractivity contribution in [2.24, 2.45) is 0 Å². The summed E-state index contributed by atoms with van der Waals surface area (Å²) in [6.45, 7) is 0. The first-order chi connectivity index (χ1) is 11.3. The fourth-order valence-electron chi connectivity index (χ4n) is 2.58. The minimum atomic E-state index is -0.203. The summed E-state index contributed by atoms with van der Waals surface area (Å²) in [5.41, 5.74) is 4.61. The lowest BCUT2D eigenvalue weighted by atomic mass is 10.1. The highest BCUT2D eigenvalue weighted by molar-refractivity contribution is 6.34. The molecule has 0 spiro atoms. The molecule has 0 atom stereocenters. The van der Waals surface area contributed by atoms with Crippen molar-refractivity contribution < 1.29 is 4.79 Å². The topological polar surface area (TPSA) is 106 Å². The van der Waals surface area contributed by atoms with Crippen molar-refractivity contribution >= 4 is 33.9 Å². The quantitative estimate of drug-likeness (QED) is 0.629. The van der Waals surface area contributed by atoms with E-state index >= 15 is 0 Å². The van der Waals surface area contributed by atoms with Gasteiger partial charge < -0.3 is 10.6 Å². The summed E-state index contributed by atoms with van der Waals surface area (Å²) in [6, 6.07) is 12.7. The second-order valence-corrected chi connectivity index (χ2v) is 5.04. The summed E-state index contributed by atoms with van der Waals surface area (Å²) in [4.78, 5) is 12.2. The van der Waals surface area contributed by atoms with Gasteiger partial charge >= 0.3 is 0 Å². The zero-order chi connectivity index (χ0) is 15.8. The van der Waals surface area contributed by atoms with Crippen molar-refractivity contribution in [3.8, 4) is 6.07 Å². The molecule has 7 nitrogen and oxygen atoms in total. The molecule has 0 saturated carbocycles. The molecule has 0 unspecified atom stereocenters. The lowest BCUT2D eigenvalue weighted by Crippen LogP contribution is -2.05. The van der Waals surface area contributed by atoms with E-state index < -0.39 is 0 Å². The molecule has 0 bridgehead atoms. The first kappa shape index (κ1) is 13.0. The molecule has 2 aromatic carbocycles. The Labute approximate surface area is 130 Å². The lowest BCUT2D eigenvalue weighted by molar-refractivity contribution is -0.110. The Hall–Kier alpha value is -3.66. The maximum atomic E-state index is 12.2. The molecule has 0 saturated heterocycles. The molecule has 7 heteroatoms. The number of nitriles is 1. The monoisotopic (exact) mass is 302 g/mol. The summed E-state index contributed by atoms with van der Waals surface area (Å²) in [5, 5.41) is 25.4. The molecule has 0 radical (unpaired) electrons. The molecular formula is C16H10N6O. The third kappa shape index (κ3) is 2.10. The number of carbonyl (C=O) groups excluding carboxylic acids is 1. The molecule has 2 heterocycles. The number of carbonyl (C=O) groups is 1. The number of hydrogen-bond donors (Lipinski definition) is 3. The summed E-state index contributed by atoms with van der Waals surface area (Å²) in [7, 11) is 0. The Morgan fingerprint density at radius 1 is 1.26 bits per heavy atom. The maximum Gasteiger partial charge on any atom is 0.257 e. The molecule has 1 amide bonds. The largest absolute Gasteiger partial charge is 0.361 e. The van der Waals surface area contributed by atoms with Gasteiger partial charge in [-0.25, -0.2) is 0 Å². The number of H-pyrrole nitrogens is 1. The molecule has 110 valence electrons. The lowest BCUT2D eigenvalue weighted by Gasteiger charge is -2.03. The summed E-state index contributed by atoms with van der Waals surface area (Å²) in [6.07, 6.45) is 1.62. The normalized spacial score (nSPS) is 14.6. The molecule has 0 aliphatic carbocycles. The second kappa shape index (κ2) is 4.96. The van der Waals surface area contributed by atoms with Gasteiger partial charge in [0, 0.05) is 17.5 Å². The number of rotatable bonds is 2. The summed E-state index contributed by atoms with van der Waals surface area (Å²) in [5.74, 6) is -0.203. The molecule has 4 rings (SSSR count). The van der Waals surface area contributed by atoms with Crippen LogP contribution < -0.4 is 10.6 Å². The smallest absolute Gasteiger partial charge is 0.257 e. The Balaban J connectivity index is 1.76. The van der Waals surface area contributed by atoms with E-state index in [9.17, 15) is 4.79 Å². The highest BCUT2D eigenvalue weighted by Gasteiger charge is 2.27. The van der Waals surface area contributed by atoms with Crippen LogP contribution in [0.25, 0.3) is 16.6 Å². The van der Waals surface area contributed by atoms with E-state index in [1.54, 1.807) is 36.5 Å². The van der Waals surface area contributed by atoms with Crippen molar-refractivity contribution in [2.75, 3.05) is 10.6 Å². The van der Waals surface area contributed by atoms with Crippen LogP contribution in [-0.2, 0) is 4.79 Å². The number of fused-ring (bicyclic) bond motifs is 3. The van der Waals surface area contributed by atoms with Gasteiger partial charge in [0.15, 0.2) is 0 Å². The molecule has 1 aliphatic rings. The highest BCUT2D eigenvalue weighted by atomic mass is 16.2. The number of aromatic nitrogens is 3. The van der Waals surface area contributed by atoms with E-state index in [1.807, 2.05) is 6.07 Å². The first-order valence-electron chi connectivity index (χ1n) is 6.88. The van der Waals surface area contributed by atoms with E-state index in [0.717, 1.165) is 11.3 Å². The summed E-state index contributed by atoms with van der Waals surface area (Å²) >= 11 is 0. The van der Waals surface area contributed by atoms with Crippen LogP contribution in [0.2, 0.25) is 0 Å². The number of anilines is 2. The minimum Gasteiger partial charge on any atom is -0.361 e. The SMILES string of the molecule is N#Cc1cccc(N/C=C2\C(=O)Nc3ccc4nn[nH]c4c32)c1. The van der Waals surface area contributed by atoms with Crippen LogP contribution in [0.3, 0.4) is 0 Å². The van der Waals surface area contributed by atoms with E-state index in [-0.39, 0.29) is 5.91 Å². The maximum absolute atomic E-state index is 12.2. The van der Waals surface area contributed by atoms with Crippen LogP contribution in [0, 0.1) is 11.3 Å². The van der Waals surface area contributed by atoms with Gasteiger partial charge in [-0.15, -0.1) is 5.10 Å². The molecule has 3 N–H and O–H groups in total. The van der Waals surface area contributed by atoms with Gasteiger partial charge in [-0.2, -0.15) is 5.26 Å². The molecule has 3 aromatic rings. The van der Waals surface area contributed by atoms with Gasteiger partial charge in [-0.1, -0.05) is 11.3 Å². The van der Waals surface area contributed by atoms with E-state index in [0.29, 0.717) is 27.9 Å². The fourth-order valence-corrected chi connectivity index (χ4v) is 2.58. The third-order valence-electron chi connectivity index (χ3n) is 3.64. The molecular weight excluding hydrogens is 292 g/mol. The standard InChI is InChI=1S/C16H10N6O/c17-7-9-2-1-3-10(6-9)18-8-11-14-12(19-16(11)23)4-5-13-15(14)21-22-20-13/h1-6,8,18H,(H,19,23)(H,20,21,22)/b11-8-. The number of hydrogen-bond acceptors (Lipinski definition) is 5. The number of nitrogens with one attached hydrogen (secondary N) is 3. The summed E-state index contributed by atoms with van der Waals surface area (Å²) < 4.78 is 0. The first-order valence-corrected chi connectivity index (χ1v) is 6.88. The van der Waals surface area contributed by atoms with Gasteiger partial charge in [0.2, 0.25) is 0 Å². The van der Waals surface area contributed by atoms with E-state index in [2.05, 4.69) is 32.1 Å². The minimum absolute atomic E-state index is 0.203. The number of amides is 1. The van der Waals surface area contributed by atoms with Gasteiger partial charge in [-0.3, -0.25) is 9.89 Å². The van der Waals surface area contributed by atoms with Crippen LogP contribution in [0.1, 0.15) is 11.1 Å². The van der Waals surface area contributed by atoms with Crippen molar-refractivity contribution in [3.05, 3.63) is 53.7 Å². The van der Waals surface area contributed by atoms with Gasteiger partial charge in [0.1, 0.15) is 5.52 Å². The van der Waals surface area contributed by atoms with Crippen LogP contribution in [0.5, 0.6) is 0 Å². The van der Waals surface area contributed by atoms with Gasteiger partial charge in [-0.05, 0) is 30.3 Å². The molecule has 1 aromatic heterocycles. The zero-order valence-corrected chi connectivity index (χ0v) is 11.8. The average molecular weight is 302 g/mol. The average Bonchev–Trinajstić information content (AvgIpc) is 3.16. The van der Waals surface area contributed by atoms with Crippen molar-refractivity contribution in [1.82, 2.24) is 15.4 Å². The number of nitrogens with zero attached hydrogens (tertiary/aromatic N) is 3. The fraction of sp³-hybridized carbons (Fsp3) is 0. The van der Waals surface area contributed by atoms with Crippen LogP contribution >= 0.6 is 0 Å². The predicted molar refractivity (Wildman–Crippen MR) is 85.3 cm³/mol.